The molecule has 0 bridgehead atoms. The normalized spacial score (nSPS) is 12.4. The van der Waals surface area contributed by atoms with Gasteiger partial charge in [0.2, 0.25) is 0 Å². The zero-order chi connectivity index (χ0) is 11.5. The van der Waals surface area contributed by atoms with Crippen molar-refractivity contribution in [2.24, 2.45) is 5.73 Å². The molecule has 0 fully saturated rings. The second-order valence-corrected chi connectivity index (χ2v) is 3.56. The molecule has 0 spiro atoms. The van der Waals surface area contributed by atoms with Crippen molar-refractivity contribution in [1.29, 1.82) is 0 Å². The lowest BCUT2D eigenvalue weighted by Crippen LogP contribution is -2.12. The van der Waals surface area contributed by atoms with Crippen LogP contribution < -0.4 is 5.73 Å². The van der Waals surface area contributed by atoms with Crippen molar-refractivity contribution in [3.63, 3.8) is 0 Å². The fourth-order valence-corrected chi connectivity index (χ4v) is 1.56. The van der Waals surface area contributed by atoms with Gasteiger partial charge in [-0.05, 0) is 23.3 Å². The Morgan fingerprint density at radius 1 is 0.812 bits per heavy atom. The van der Waals surface area contributed by atoms with Crippen molar-refractivity contribution in [1.82, 2.24) is 0 Å². The van der Waals surface area contributed by atoms with Crippen LogP contribution in [0.5, 0.6) is 0 Å². The van der Waals surface area contributed by atoms with E-state index in [9.17, 15) is 8.78 Å². The number of hydrogen-bond donors (Lipinski definition) is 1. The largest absolute Gasteiger partial charge is 0.320 e. The highest BCUT2D eigenvalue weighted by Gasteiger charge is 2.10. The van der Waals surface area contributed by atoms with Gasteiger partial charge in [-0.1, -0.05) is 36.4 Å². The van der Waals surface area contributed by atoms with Gasteiger partial charge in [-0.3, -0.25) is 0 Å². The summed E-state index contributed by atoms with van der Waals surface area (Å²) in [6, 6.07) is 12.6. The third-order valence-corrected chi connectivity index (χ3v) is 2.46. The summed E-state index contributed by atoms with van der Waals surface area (Å²) >= 11 is 0. The number of benzene rings is 2. The first-order chi connectivity index (χ1) is 7.68. The highest BCUT2D eigenvalue weighted by atomic mass is 19.2. The predicted octanol–water partition coefficient (Wildman–Crippen LogP) is 3.01. The molecule has 0 aliphatic carbocycles. The summed E-state index contributed by atoms with van der Waals surface area (Å²) in [7, 11) is 0. The van der Waals surface area contributed by atoms with Crippen LogP contribution in [0.3, 0.4) is 0 Å². The molecule has 0 radical (unpaired) electrons. The summed E-state index contributed by atoms with van der Waals surface area (Å²) in [5.41, 5.74) is 7.38. The quantitative estimate of drug-likeness (QED) is 0.825. The van der Waals surface area contributed by atoms with Gasteiger partial charge in [0.15, 0.2) is 11.6 Å². The minimum absolute atomic E-state index is 0.434. The van der Waals surface area contributed by atoms with Gasteiger partial charge >= 0.3 is 0 Å². The molecule has 1 atom stereocenters. The summed E-state index contributed by atoms with van der Waals surface area (Å²) in [4.78, 5) is 0. The van der Waals surface area contributed by atoms with Gasteiger partial charge in [0.25, 0.3) is 0 Å². The van der Waals surface area contributed by atoms with E-state index < -0.39 is 17.7 Å². The van der Waals surface area contributed by atoms with Crippen LogP contribution in [0.15, 0.2) is 48.5 Å². The third-order valence-electron chi connectivity index (χ3n) is 2.46. The molecule has 0 aliphatic heterocycles. The van der Waals surface area contributed by atoms with E-state index in [1.807, 2.05) is 30.3 Å². The summed E-state index contributed by atoms with van der Waals surface area (Å²) in [5, 5.41) is 0. The first-order valence-corrected chi connectivity index (χ1v) is 4.94. The highest BCUT2D eigenvalue weighted by molar-refractivity contribution is 5.31. The Labute approximate surface area is 92.5 Å². The lowest BCUT2D eigenvalue weighted by molar-refractivity contribution is 0.506. The van der Waals surface area contributed by atoms with Crippen molar-refractivity contribution < 1.29 is 8.78 Å². The molecule has 82 valence electrons. The number of halogens is 2. The van der Waals surface area contributed by atoms with E-state index in [2.05, 4.69) is 0 Å². The Kier molecular flexibility index (Phi) is 2.97. The molecule has 2 rings (SSSR count). The first kappa shape index (κ1) is 10.8. The van der Waals surface area contributed by atoms with Crippen LogP contribution in [0.25, 0.3) is 0 Å². The Morgan fingerprint density at radius 3 is 2.12 bits per heavy atom. The molecule has 0 saturated heterocycles. The topological polar surface area (TPSA) is 26.0 Å². The summed E-state index contributed by atoms with van der Waals surface area (Å²) < 4.78 is 25.8. The van der Waals surface area contributed by atoms with Gasteiger partial charge in [0.1, 0.15) is 0 Å². The fraction of sp³-hybridized carbons (Fsp3) is 0.0769. The zero-order valence-electron chi connectivity index (χ0n) is 8.53. The zero-order valence-corrected chi connectivity index (χ0v) is 8.53. The Balaban J connectivity index is 2.34. The predicted molar refractivity (Wildman–Crippen MR) is 58.8 cm³/mol. The number of rotatable bonds is 2. The van der Waals surface area contributed by atoms with Crippen LogP contribution in [0.2, 0.25) is 0 Å². The second kappa shape index (κ2) is 4.41. The molecule has 0 heterocycles. The average molecular weight is 219 g/mol. The minimum Gasteiger partial charge on any atom is -0.320 e. The lowest BCUT2D eigenvalue weighted by Gasteiger charge is -2.12. The smallest absolute Gasteiger partial charge is 0.159 e. The summed E-state index contributed by atoms with van der Waals surface area (Å²) in [5.74, 6) is -1.73. The van der Waals surface area contributed by atoms with Gasteiger partial charge in [-0.2, -0.15) is 0 Å². The molecule has 2 aromatic rings. The lowest BCUT2D eigenvalue weighted by atomic mass is 10.00. The molecule has 0 unspecified atom stereocenters. The average Bonchev–Trinajstić information content (AvgIpc) is 2.33. The Bertz CT molecular complexity index is 483. The van der Waals surface area contributed by atoms with Crippen molar-refractivity contribution >= 4 is 0 Å². The minimum atomic E-state index is -0.871. The SMILES string of the molecule is N[C@H](c1ccccc1)c1ccc(F)c(F)c1. The van der Waals surface area contributed by atoms with Crippen LogP contribution in [0, 0.1) is 11.6 Å². The molecule has 2 aromatic carbocycles. The summed E-state index contributed by atoms with van der Waals surface area (Å²) in [6.45, 7) is 0. The van der Waals surface area contributed by atoms with Gasteiger partial charge in [0.05, 0.1) is 6.04 Å². The van der Waals surface area contributed by atoms with Gasteiger partial charge in [-0.25, -0.2) is 8.78 Å². The van der Waals surface area contributed by atoms with Crippen LogP contribution >= 0.6 is 0 Å². The molecular weight excluding hydrogens is 208 g/mol. The maximum atomic E-state index is 13.0. The van der Waals surface area contributed by atoms with E-state index in [1.165, 1.54) is 6.07 Å². The molecule has 0 aliphatic rings. The first-order valence-electron chi connectivity index (χ1n) is 4.94. The van der Waals surface area contributed by atoms with Gasteiger partial charge < -0.3 is 5.73 Å². The van der Waals surface area contributed by atoms with Crippen LogP contribution in [-0.2, 0) is 0 Å². The van der Waals surface area contributed by atoms with Gasteiger partial charge in [0, 0.05) is 0 Å². The number of nitrogens with two attached hydrogens (primary N) is 1. The maximum absolute atomic E-state index is 13.0. The maximum Gasteiger partial charge on any atom is 0.159 e. The van der Waals surface area contributed by atoms with E-state index >= 15 is 0 Å². The third kappa shape index (κ3) is 2.09. The molecule has 0 amide bonds. The van der Waals surface area contributed by atoms with E-state index in [0.717, 1.165) is 17.7 Å². The van der Waals surface area contributed by atoms with Crippen LogP contribution in [0.4, 0.5) is 8.78 Å². The van der Waals surface area contributed by atoms with Gasteiger partial charge in [-0.15, -0.1) is 0 Å². The van der Waals surface area contributed by atoms with Crippen molar-refractivity contribution in [3.05, 3.63) is 71.3 Å². The molecule has 3 heteroatoms. The summed E-state index contributed by atoms with van der Waals surface area (Å²) in [6.07, 6.45) is 0. The van der Waals surface area contributed by atoms with Crippen LogP contribution in [0.1, 0.15) is 17.2 Å². The number of hydrogen-bond acceptors (Lipinski definition) is 1. The van der Waals surface area contributed by atoms with Crippen molar-refractivity contribution in [2.45, 2.75) is 6.04 Å². The second-order valence-electron chi connectivity index (χ2n) is 3.56. The molecule has 0 aromatic heterocycles. The molecular formula is C13H11F2N. The Hall–Kier alpha value is -1.74. The van der Waals surface area contributed by atoms with Crippen LogP contribution in [-0.4, -0.2) is 0 Å². The van der Waals surface area contributed by atoms with E-state index in [0.29, 0.717) is 5.56 Å². The van der Waals surface area contributed by atoms with E-state index in [-0.39, 0.29) is 0 Å². The van der Waals surface area contributed by atoms with Crippen molar-refractivity contribution in [3.8, 4) is 0 Å². The van der Waals surface area contributed by atoms with Crippen molar-refractivity contribution in [2.75, 3.05) is 0 Å². The standard InChI is InChI=1S/C13H11F2N/c14-11-7-6-10(8-12(11)15)13(16)9-4-2-1-3-5-9/h1-8,13H,16H2/t13-/m1/s1. The monoisotopic (exact) mass is 219 g/mol. The molecule has 0 saturated carbocycles. The molecule has 1 nitrogen and oxygen atoms in total. The van der Waals surface area contributed by atoms with E-state index in [1.54, 1.807) is 0 Å². The Morgan fingerprint density at radius 2 is 1.50 bits per heavy atom. The fourth-order valence-electron chi connectivity index (χ4n) is 1.56. The molecule has 16 heavy (non-hydrogen) atoms. The van der Waals surface area contributed by atoms with E-state index in [4.69, 9.17) is 5.73 Å². The molecule has 2 N–H and O–H groups in total. The highest BCUT2D eigenvalue weighted by Crippen LogP contribution is 2.20.